The Kier molecular flexibility index (Phi) is 6.83. The van der Waals surface area contributed by atoms with E-state index in [-0.39, 0.29) is 0 Å². The van der Waals surface area contributed by atoms with Crippen molar-refractivity contribution in [2.75, 3.05) is 44.2 Å². The molecule has 2 aliphatic heterocycles. The lowest BCUT2D eigenvalue weighted by atomic mass is 9.92. The van der Waals surface area contributed by atoms with E-state index in [0.717, 1.165) is 75.9 Å². The molecule has 1 aliphatic carbocycles. The van der Waals surface area contributed by atoms with Crippen molar-refractivity contribution in [3.05, 3.63) is 35.8 Å². The molecule has 1 saturated carbocycles. The van der Waals surface area contributed by atoms with Crippen LogP contribution in [0.4, 0.5) is 5.82 Å². The molecule has 4 rings (SSSR count). The number of pyridine rings is 1. The van der Waals surface area contributed by atoms with Crippen molar-refractivity contribution in [3.63, 3.8) is 0 Å². The maximum absolute atomic E-state index is 6.27. The van der Waals surface area contributed by atoms with Crippen LogP contribution >= 0.6 is 11.6 Å². The van der Waals surface area contributed by atoms with Crippen molar-refractivity contribution in [2.24, 2.45) is 4.99 Å². The lowest BCUT2D eigenvalue weighted by Gasteiger charge is -2.36. The Balaban J connectivity index is 1.12. The van der Waals surface area contributed by atoms with Crippen LogP contribution in [-0.2, 0) is 4.84 Å². The highest BCUT2D eigenvalue weighted by Crippen LogP contribution is 2.25. The number of hydrogen-bond donors (Lipinski definition) is 0. The summed E-state index contributed by atoms with van der Waals surface area (Å²) in [6.45, 7) is 5.98. The third-order valence-electron chi connectivity index (χ3n) is 5.83. The summed E-state index contributed by atoms with van der Waals surface area (Å²) in [4.78, 5) is 19.8. The van der Waals surface area contributed by atoms with E-state index in [1.807, 2.05) is 35.8 Å². The first-order valence-corrected chi connectivity index (χ1v) is 10.9. The molecule has 0 bridgehead atoms. The van der Waals surface area contributed by atoms with Crippen LogP contribution in [0.15, 0.2) is 35.7 Å². The number of hydroxylamine groups is 2. The van der Waals surface area contributed by atoms with Crippen LogP contribution in [-0.4, -0.2) is 66.0 Å². The Morgan fingerprint density at radius 2 is 2.04 bits per heavy atom. The van der Waals surface area contributed by atoms with Gasteiger partial charge < -0.3 is 4.90 Å². The summed E-state index contributed by atoms with van der Waals surface area (Å²) in [6.07, 6.45) is 12.7. The maximum atomic E-state index is 6.27. The first-order valence-electron chi connectivity index (χ1n) is 10.5. The van der Waals surface area contributed by atoms with Gasteiger partial charge in [-0.3, -0.25) is 19.8 Å². The zero-order chi connectivity index (χ0) is 19.2. The van der Waals surface area contributed by atoms with E-state index in [2.05, 4.69) is 19.8 Å². The van der Waals surface area contributed by atoms with E-state index in [4.69, 9.17) is 16.4 Å². The van der Waals surface area contributed by atoms with Crippen LogP contribution < -0.4 is 4.90 Å². The van der Waals surface area contributed by atoms with Gasteiger partial charge in [-0.25, -0.2) is 4.98 Å². The van der Waals surface area contributed by atoms with E-state index >= 15 is 0 Å². The highest BCUT2D eigenvalue weighted by atomic mass is 35.5. The van der Waals surface area contributed by atoms with E-state index in [0.29, 0.717) is 6.04 Å². The predicted octanol–water partition coefficient (Wildman–Crippen LogP) is 3.74. The Morgan fingerprint density at radius 1 is 1.14 bits per heavy atom. The van der Waals surface area contributed by atoms with Crippen LogP contribution in [0.5, 0.6) is 0 Å². The standard InChI is InChI=1S/C21H30ClN5O/c22-18-6-5-9-24-21(18)26-15-13-25(14-16-26)11-3-4-17-28-27-12-10-23-19-7-1-2-8-20(19)27/h5-6,9-10,12,20H,1-4,7-8,11,13-17H2. The van der Waals surface area contributed by atoms with Gasteiger partial charge in [0.15, 0.2) is 0 Å². The summed E-state index contributed by atoms with van der Waals surface area (Å²) < 4.78 is 0. The summed E-state index contributed by atoms with van der Waals surface area (Å²) in [5.41, 5.74) is 1.29. The topological polar surface area (TPSA) is 44.2 Å². The van der Waals surface area contributed by atoms with Crippen molar-refractivity contribution in [3.8, 4) is 0 Å². The van der Waals surface area contributed by atoms with Crippen molar-refractivity contribution >= 4 is 23.1 Å². The summed E-state index contributed by atoms with van der Waals surface area (Å²) in [6, 6.07) is 4.16. The number of aliphatic imine (C=N–C) groups is 1. The summed E-state index contributed by atoms with van der Waals surface area (Å²) >= 11 is 6.27. The Bertz CT molecular complexity index is 702. The van der Waals surface area contributed by atoms with Gasteiger partial charge in [-0.05, 0) is 50.8 Å². The molecule has 2 fully saturated rings. The number of fused-ring (bicyclic) bond motifs is 1. The summed E-state index contributed by atoms with van der Waals surface area (Å²) in [5, 5.41) is 2.78. The molecule has 1 aromatic rings. The van der Waals surface area contributed by atoms with Gasteiger partial charge in [0.25, 0.3) is 0 Å². The fourth-order valence-corrected chi connectivity index (χ4v) is 4.48. The minimum absolute atomic E-state index is 0.366. The average molecular weight is 404 g/mol. The van der Waals surface area contributed by atoms with Gasteiger partial charge in [-0.15, -0.1) is 0 Å². The zero-order valence-corrected chi connectivity index (χ0v) is 17.2. The van der Waals surface area contributed by atoms with Crippen molar-refractivity contribution in [1.82, 2.24) is 14.9 Å². The Hall–Kier alpha value is -1.63. The van der Waals surface area contributed by atoms with E-state index in [1.54, 1.807) is 0 Å². The van der Waals surface area contributed by atoms with Gasteiger partial charge in [0.2, 0.25) is 0 Å². The number of rotatable bonds is 7. The van der Waals surface area contributed by atoms with Crippen LogP contribution in [0, 0.1) is 0 Å². The molecule has 152 valence electrons. The second kappa shape index (κ2) is 9.72. The number of anilines is 1. The molecule has 3 heterocycles. The molecule has 0 aromatic carbocycles. The van der Waals surface area contributed by atoms with Gasteiger partial charge >= 0.3 is 0 Å². The van der Waals surface area contributed by atoms with Crippen LogP contribution in [0.2, 0.25) is 5.02 Å². The van der Waals surface area contributed by atoms with Gasteiger partial charge in [0.1, 0.15) is 5.82 Å². The number of piperazine rings is 1. The fourth-order valence-electron chi connectivity index (χ4n) is 4.23. The van der Waals surface area contributed by atoms with Crippen molar-refractivity contribution in [2.45, 2.75) is 44.6 Å². The fraction of sp³-hybridized carbons (Fsp3) is 0.619. The molecule has 6 nitrogen and oxygen atoms in total. The number of aromatic nitrogens is 1. The molecule has 3 aliphatic rings. The quantitative estimate of drug-likeness (QED) is 0.649. The van der Waals surface area contributed by atoms with Crippen LogP contribution in [0.25, 0.3) is 0 Å². The molecule has 28 heavy (non-hydrogen) atoms. The van der Waals surface area contributed by atoms with Gasteiger partial charge in [0, 0.05) is 50.5 Å². The summed E-state index contributed by atoms with van der Waals surface area (Å²) in [5.74, 6) is 0.914. The number of hydrogen-bond acceptors (Lipinski definition) is 6. The molecule has 0 N–H and O–H groups in total. The Labute approximate surface area is 172 Å². The van der Waals surface area contributed by atoms with Gasteiger partial charge in [0.05, 0.1) is 17.7 Å². The molecule has 1 saturated heterocycles. The molecular weight excluding hydrogens is 374 g/mol. The van der Waals surface area contributed by atoms with Crippen molar-refractivity contribution < 1.29 is 4.84 Å². The third kappa shape index (κ3) is 4.85. The first kappa shape index (κ1) is 19.7. The van der Waals surface area contributed by atoms with Gasteiger partial charge in [-0.1, -0.05) is 18.0 Å². The van der Waals surface area contributed by atoms with Gasteiger partial charge in [-0.2, -0.15) is 0 Å². The first-order chi connectivity index (χ1) is 13.8. The minimum atomic E-state index is 0.366. The maximum Gasteiger partial charge on any atom is 0.147 e. The molecule has 7 heteroatoms. The number of halogens is 1. The molecule has 0 radical (unpaired) electrons. The van der Waals surface area contributed by atoms with Crippen molar-refractivity contribution in [1.29, 1.82) is 0 Å². The largest absolute Gasteiger partial charge is 0.353 e. The molecule has 1 atom stereocenters. The molecule has 0 amide bonds. The molecule has 1 unspecified atom stereocenters. The predicted molar refractivity (Wildman–Crippen MR) is 114 cm³/mol. The second-order valence-electron chi connectivity index (χ2n) is 7.72. The average Bonchev–Trinajstić information content (AvgIpc) is 2.74. The molecule has 0 spiro atoms. The van der Waals surface area contributed by atoms with E-state index in [9.17, 15) is 0 Å². The second-order valence-corrected chi connectivity index (χ2v) is 8.13. The minimum Gasteiger partial charge on any atom is -0.353 e. The number of unbranched alkanes of at least 4 members (excludes halogenated alkanes) is 1. The van der Waals surface area contributed by atoms with Crippen LogP contribution in [0.3, 0.4) is 0 Å². The third-order valence-corrected chi connectivity index (χ3v) is 6.12. The highest BCUT2D eigenvalue weighted by molar-refractivity contribution is 6.32. The molecule has 1 aromatic heterocycles. The highest BCUT2D eigenvalue weighted by Gasteiger charge is 2.27. The van der Waals surface area contributed by atoms with E-state index in [1.165, 1.54) is 18.6 Å². The van der Waals surface area contributed by atoms with E-state index < -0.39 is 0 Å². The number of nitrogens with zero attached hydrogens (tertiary/aromatic N) is 5. The summed E-state index contributed by atoms with van der Waals surface area (Å²) in [7, 11) is 0. The smallest absolute Gasteiger partial charge is 0.147 e. The normalized spacial score (nSPS) is 22.9. The zero-order valence-electron chi connectivity index (χ0n) is 16.5. The Morgan fingerprint density at radius 3 is 2.89 bits per heavy atom. The lowest BCUT2D eigenvalue weighted by Crippen LogP contribution is -2.47. The molecular formula is C21H30ClN5O. The monoisotopic (exact) mass is 403 g/mol. The van der Waals surface area contributed by atoms with Crippen LogP contribution in [0.1, 0.15) is 38.5 Å². The lowest BCUT2D eigenvalue weighted by molar-refractivity contribution is -0.139. The SMILES string of the molecule is Clc1cccnc1N1CCN(CCCCON2C=CN=C3CCCCC32)CC1.